The Balaban J connectivity index is 0.000000189. The molecule has 0 radical (unpaired) electrons. The van der Waals surface area contributed by atoms with Gasteiger partial charge in [0.25, 0.3) is 0 Å². The summed E-state index contributed by atoms with van der Waals surface area (Å²) in [4.78, 5) is 28.4. The number of nitrogens with zero attached hydrogens (tertiary/aromatic N) is 13. The summed E-state index contributed by atoms with van der Waals surface area (Å²) in [5.41, 5.74) is 8.36. The van der Waals surface area contributed by atoms with E-state index in [1.807, 2.05) is 19.9 Å². The van der Waals surface area contributed by atoms with Crippen LogP contribution in [0.4, 0.5) is 38.0 Å². The van der Waals surface area contributed by atoms with Gasteiger partial charge in [-0.05, 0) is 130 Å². The molecule has 2 N–H and O–H groups in total. The monoisotopic (exact) mass is 1330 g/mol. The van der Waals surface area contributed by atoms with Crippen molar-refractivity contribution in [1.29, 1.82) is 10.5 Å². The van der Waals surface area contributed by atoms with E-state index >= 15 is 0 Å². The number of hydrogen-bond acceptors (Lipinski definition) is 16. The van der Waals surface area contributed by atoms with Gasteiger partial charge in [0.1, 0.15) is 57.5 Å². The van der Waals surface area contributed by atoms with Gasteiger partial charge in [-0.25, -0.2) is 28.4 Å². The molecule has 4 atom stereocenters. The number of likely N-dealkylation sites (tertiary alicyclic amines) is 3. The Labute approximate surface area is 542 Å². The molecule has 2 aromatic carbocycles. The zero-order valence-electron chi connectivity index (χ0n) is 53.2. The van der Waals surface area contributed by atoms with E-state index in [9.17, 15) is 45.3 Å². The van der Waals surface area contributed by atoms with Crippen LogP contribution in [0.3, 0.4) is 0 Å². The van der Waals surface area contributed by atoms with Crippen LogP contribution in [0.25, 0.3) is 42.2 Å². The van der Waals surface area contributed by atoms with E-state index in [1.165, 1.54) is 42.0 Å². The van der Waals surface area contributed by atoms with Crippen molar-refractivity contribution >= 4 is 86.6 Å². The molecule has 92 heavy (non-hydrogen) atoms. The lowest BCUT2D eigenvalue weighted by Gasteiger charge is -2.42. The lowest BCUT2D eigenvalue weighted by Crippen LogP contribution is -2.58. The van der Waals surface area contributed by atoms with Crippen molar-refractivity contribution in [2.75, 3.05) is 82.3 Å². The molecule has 8 aromatic rings. The molecule has 0 spiro atoms. The highest BCUT2D eigenvalue weighted by Gasteiger charge is 2.36. The Kier molecular flexibility index (Phi) is 20.3. The SMILES string of the molecule is Cc1c(CN2CCC(Nc3ncnc4sc(CC(F)(F)F)cc34)CC2)ccc2c1cc(C#N)n2CCN1C[C@@H](C)C[C@H](C)C1.Cc1c(CN2CCC(Nc3ncnc4sc(CC(F)(F)F)cc34)CC2)ccc2c1cc(C#N)n2CCN1C[C@@H](C)N(S(C)(=O)=O)[C@H](C)C1. The second-order valence-electron chi connectivity index (χ2n) is 26.2. The number of fused-ring (bicyclic) bond motifs is 4. The van der Waals surface area contributed by atoms with Gasteiger partial charge in [-0.3, -0.25) is 14.7 Å². The van der Waals surface area contributed by atoms with E-state index in [1.54, 1.807) is 16.4 Å². The molecule has 0 unspecified atom stereocenters. The average molecular weight is 1330 g/mol. The summed E-state index contributed by atoms with van der Waals surface area (Å²) >= 11 is 2.13. The average Bonchev–Trinajstić information content (AvgIpc) is 1.62. The fourth-order valence-electron chi connectivity index (χ4n) is 14.7. The minimum Gasteiger partial charge on any atom is -0.367 e. The molecule has 17 nitrogen and oxygen atoms in total. The van der Waals surface area contributed by atoms with E-state index in [-0.39, 0.29) is 33.9 Å². The molecule has 0 bridgehead atoms. The number of rotatable bonds is 17. The molecule has 12 rings (SSSR count). The summed E-state index contributed by atoms with van der Waals surface area (Å²) in [6.07, 6.45) is -1.47. The fraction of sp³-hybridized carbons (Fsp3) is 0.545. The van der Waals surface area contributed by atoms with Crippen LogP contribution in [0.2, 0.25) is 0 Å². The fourth-order valence-corrected chi connectivity index (χ4v) is 18.2. The zero-order chi connectivity index (χ0) is 65.4. The minimum atomic E-state index is -4.27. The van der Waals surface area contributed by atoms with Crippen LogP contribution >= 0.6 is 22.7 Å². The summed E-state index contributed by atoms with van der Waals surface area (Å²) in [5, 5.41) is 30.4. The smallest absolute Gasteiger partial charge is 0.367 e. The summed E-state index contributed by atoms with van der Waals surface area (Å²) in [6.45, 7) is 24.7. The number of aromatic nitrogens is 6. The first-order chi connectivity index (χ1) is 43.8. The first-order valence-corrected chi connectivity index (χ1v) is 35.3. The van der Waals surface area contributed by atoms with Crippen molar-refractivity contribution in [3.63, 3.8) is 0 Å². The van der Waals surface area contributed by atoms with Crippen molar-refractivity contribution in [1.82, 2.24) is 53.0 Å². The van der Waals surface area contributed by atoms with Gasteiger partial charge < -0.3 is 24.7 Å². The van der Waals surface area contributed by atoms with Crippen LogP contribution in [-0.2, 0) is 49.0 Å². The number of hydrogen-bond donors (Lipinski definition) is 2. The number of aryl methyl sites for hydroxylation is 2. The van der Waals surface area contributed by atoms with Crippen LogP contribution in [0, 0.1) is 48.3 Å². The quantitative estimate of drug-likeness (QED) is 0.0821. The highest BCUT2D eigenvalue weighted by atomic mass is 32.2. The zero-order valence-corrected chi connectivity index (χ0v) is 55.7. The minimum absolute atomic E-state index is 0.115. The highest BCUT2D eigenvalue weighted by Crippen LogP contribution is 2.37. The Bertz CT molecular complexity index is 4110. The van der Waals surface area contributed by atoms with Crippen molar-refractivity contribution in [2.24, 2.45) is 11.8 Å². The number of piperazine rings is 1. The maximum Gasteiger partial charge on any atom is 0.393 e. The van der Waals surface area contributed by atoms with Crippen LogP contribution in [0.1, 0.15) is 103 Å². The maximum absolute atomic E-state index is 12.9. The molecule has 4 aliphatic rings. The van der Waals surface area contributed by atoms with Crippen LogP contribution in [0.15, 0.2) is 61.2 Å². The molecule has 0 amide bonds. The van der Waals surface area contributed by atoms with Gasteiger partial charge in [-0.1, -0.05) is 26.0 Å². The van der Waals surface area contributed by atoms with Gasteiger partial charge in [-0.15, -0.1) is 22.7 Å². The maximum atomic E-state index is 12.9. The number of nitriles is 2. The van der Waals surface area contributed by atoms with E-state index in [2.05, 4.69) is 129 Å². The lowest BCUT2D eigenvalue weighted by molar-refractivity contribution is -0.127. The van der Waals surface area contributed by atoms with Gasteiger partial charge in [0.2, 0.25) is 10.0 Å². The molecular formula is C66H81F6N15O2S3. The second kappa shape index (κ2) is 27.8. The van der Waals surface area contributed by atoms with Crippen LogP contribution in [-0.4, -0.2) is 170 Å². The molecule has 492 valence electrons. The predicted octanol–water partition coefficient (Wildman–Crippen LogP) is 12.3. The highest BCUT2D eigenvalue weighted by molar-refractivity contribution is 7.88. The van der Waals surface area contributed by atoms with Crippen molar-refractivity contribution < 1.29 is 34.8 Å². The number of thiophene rings is 2. The van der Waals surface area contributed by atoms with E-state index in [4.69, 9.17) is 0 Å². The molecule has 4 aliphatic heterocycles. The number of anilines is 2. The van der Waals surface area contributed by atoms with Crippen molar-refractivity contribution in [3.8, 4) is 12.1 Å². The number of benzene rings is 2. The topological polar surface area (TPSA) is 183 Å². The third kappa shape index (κ3) is 15.8. The Morgan fingerprint density at radius 3 is 1.35 bits per heavy atom. The van der Waals surface area contributed by atoms with Crippen molar-refractivity contribution in [2.45, 2.75) is 149 Å². The largest absolute Gasteiger partial charge is 0.393 e. The van der Waals surface area contributed by atoms with Gasteiger partial charge in [0.15, 0.2) is 0 Å². The van der Waals surface area contributed by atoms with Gasteiger partial charge in [-0.2, -0.15) is 41.2 Å². The van der Waals surface area contributed by atoms with Gasteiger partial charge in [0, 0.05) is 147 Å². The molecule has 26 heteroatoms. The van der Waals surface area contributed by atoms with Gasteiger partial charge >= 0.3 is 12.4 Å². The number of alkyl halides is 6. The molecule has 10 heterocycles. The molecule has 6 aromatic heterocycles. The second-order valence-corrected chi connectivity index (χ2v) is 30.3. The number of halogens is 6. The summed E-state index contributed by atoms with van der Waals surface area (Å²) in [5.74, 6) is 2.62. The van der Waals surface area contributed by atoms with E-state index < -0.39 is 35.2 Å². The summed E-state index contributed by atoms with van der Waals surface area (Å²) < 4.78 is 108. The first-order valence-electron chi connectivity index (χ1n) is 31.8. The lowest BCUT2D eigenvalue weighted by atomic mass is 9.92. The predicted molar refractivity (Wildman–Crippen MR) is 352 cm³/mol. The molecular weight excluding hydrogens is 1250 g/mol. The molecule has 4 fully saturated rings. The normalized spacial score (nSPS) is 20.9. The first kappa shape index (κ1) is 66.9. The summed E-state index contributed by atoms with van der Waals surface area (Å²) in [7, 11) is -3.27. The number of piperidine rings is 3. The standard InChI is InChI=1S/C33H41F3N8O2S2.C33H40F3N7S/c1-21-17-42(18-22(2)44(21)48(4,45)46)11-12-43-26(16-37)13-28-23(3)24(5-6-30(28)43)19-41-9-7-25(8-10-41)40-31-29-14-27(15-33(34,35)36)47-32(29)39-20-38-31;1-21-12-22(2)18-42(17-21)10-11-43-26(16-37)13-28-23(3)24(4-5-30(28)43)19-41-8-6-25(7-9-41)40-31-29-14-27(15-33(34,35)36)44-32(29)39-20-38-31/h5-6,13-14,20-22,25H,7-12,15,17-19H2,1-4H3,(H,38,39,40);4-5,13-14,20-22,25H,6-12,15,17-19H2,1-3H3,(H,38,39,40)/t2*21-,22-/m10/s1. The number of sulfonamides is 1. The van der Waals surface area contributed by atoms with E-state index in [0.717, 1.165) is 153 Å². The third-order valence-corrected chi connectivity index (χ3v) is 22.4. The molecule has 0 aliphatic carbocycles. The third-order valence-electron chi connectivity index (χ3n) is 18.8. The number of nitrogens with one attached hydrogen (secondary N) is 2. The molecule has 0 saturated carbocycles. The van der Waals surface area contributed by atoms with Crippen LogP contribution < -0.4 is 10.6 Å². The molecule has 4 saturated heterocycles. The van der Waals surface area contributed by atoms with Crippen LogP contribution in [0.5, 0.6) is 0 Å². The Morgan fingerprint density at radius 2 is 0.967 bits per heavy atom. The summed E-state index contributed by atoms with van der Waals surface area (Å²) in [6, 6.07) is 20.7. The Morgan fingerprint density at radius 1 is 0.565 bits per heavy atom. The van der Waals surface area contributed by atoms with Crippen molar-refractivity contribution in [3.05, 3.63) is 105 Å². The Hall–Kier alpha value is -6.49. The van der Waals surface area contributed by atoms with Gasteiger partial charge in [0.05, 0.1) is 29.9 Å². The van der Waals surface area contributed by atoms with E-state index in [0.29, 0.717) is 69.2 Å².